The van der Waals surface area contributed by atoms with Crippen LogP contribution in [0, 0.1) is 17.0 Å². The predicted molar refractivity (Wildman–Crippen MR) is 83.1 cm³/mol. The Hall–Kier alpha value is -2.42. The molecule has 10 heteroatoms. The molecule has 0 aliphatic rings. The highest BCUT2D eigenvalue weighted by molar-refractivity contribution is 6.30. The van der Waals surface area contributed by atoms with Crippen molar-refractivity contribution >= 4 is 23.2 Å². The second-order valence-electron chi connectivity index (χ2n) is 5.00. The van der Waals surface area contributed by atoms with E-state index in [1.165, 1.54) is 10.9 Å². The van der Waals surface area contributed by atoms with E-state index in [1.54, 1.807) is 24.0 Å². The Morgan fingerprint density at radius 3 is 2.78 bits per heavy atom. The molecule has 9 nitrogen and oxygen atoms in total. The maximum Gasteiger partial charge on any atom is 0.309 e. The highest BCUT2D eigenvalue weighted by Gasteiger charge is 2.15. The minimum atomic E-state index is -0.486. The summed E-state index contributed by atoms with van der Waals surface area (Å²) in [5.74, 6) is -0.126. The van der Waals surface area contributed by atoms with Gasteiger partial charge in [0.25, 0.3) is 0 Å². The van der Waals surface area contributed by atoms with Gasteiger partial charge < -0.3 is 5.32 Å². The third kappa shape index (κ3) is 5.06. The van der Waals surface area contributed by atoms with Crippen molar-refractivity contribution in [1.82, 2.24) is 24.9 Å². The minimum absolute atomic E-state index is 0.0386. The number of hydrogen-bond donors (Lipinski definition) is 1. The zero-order valence-corrected chi connectivity index (χ0v) is 13.4. The van der Waals surface area contributed by atoms with Gasteiger partial charge in [-0.05, 0) is 13.3 Å². The monoisotopic (exact) mass is 340 g/mol. The summed E-state index contributed by atoms with van der Waals surface area (Å²) in [6.45, 7) is 3.05. The van der Waals surface area contributed by atoms with E-state index >= 15 is 0 Å². The SMILES string of the molecule is Cc1nn(CCC(=O)NCCCn2cc(Cl)cn2)cc1[N+](=O)[O-]. The predicted octanol–water partition coefficient (Wildman–Crippen LogP) is 1.55. The summed E-state index contributed by atoms with van der Waals surface area (Å²) in [7, 11) is 0. The molecular weight excluding hydrogens is 324 g/mol. The third-order valence-corrected chi connectivity index (χ3v) is 3.37. The topological polar surface area (TPSA) is 108 Å². The molecule has 1 N–H and O–H groups in total. The zero-order valence-electron chi connectivity index (χ0n) is 12.6. The van der Waals surface area contributed by atoms with Gasteiger partial charge in [0.15, 0.2) is 0 Å². The number of carbonyl (C=O) groups is 1. The van der Waals surface area contributed by atoms with Gasteiger partial charge in [0.1, 0.15) is 11.9 Å². The second kappa shape index (κ2) is 7.73. The van der Waals surface area contributed by atoms with E-state index < -0.39 is 4.92 Å². The van der Waals surface area contributed by atoms with E-state index in [4.69, 9.17) is 11.6 Å². The summed E-state index contributed by atoms with van der Waals surface area (Å²) in [6, 6.07) is 0. The normalized spacial score (nSPS) is 10.7. The van der Waals surface area contributed by atoms with Crippen molar-refractivity contribution in [3.63, 3.8) is 0 Å². The van der Waals surface area contributed by atoms with Gasteiger partial charge in [-0.1, -0.05) is 11.6 Å². The first-order valence-corrected chi connectivity index (χ1v) is 7.46. The first-order chi connectivity index (χ1) is 11.0. The Balaban J connectivity index is 1.67. The quantitative estimate of drug-likeness (QED) is 0.445. The van der Waals surface area contributed by atoms with Crippen LogP contribution >= 0.6 is 11.6 Å². The van der Waals surface area contributed by atoms with Gasteiger partial charge in [-0.2, -0.15) is 10.2 Å². The van der Waals surface area contributed by atoms with E-state index in [9.17, 15) is 14.9 Å². The molecule has 0 saturated heterocycles. The van der Waals surface area contributed by atoms with Gasteiger partial charge in [-0.25, -0.2) is 0 Å². The van der Waals surface area contributed by atoms with Crippen LogP contribution < -0.4 is 5.32 Å². The minimum Gasteiger partial charge on any atom is -0.356 e. The Labute approximate surface area is 137 Å². The molecule has 0 aliphatic heterocycles. The molecule has 0 aromatic carbocycles. The molecular formula is C13H17ClN6O3. The van der Waals surface area contributed by atoms with Crippen LogP contribution in [-0.2, 0) is 17.9 Å². The van der Waals surface area contributed by atoms with Gasteiger partial charge in [-0.15, -0.1) is 0 Å². The molecule has 2 rings (SSSR count). The number of nitrogens with one attached hydrogen (secondary N) is 1. The lowest BCUT2D eigenvalue weighted by atomic mass is 10.3. The van der Waals surface area contributed by atoms with Crippen LogP contribution in [0.3, 0.4) is 0 Å². The number of nitro groups is 1. The lowest BCUT2D eigenvalue weighted by Gasteiger charge is -2.05. The molecule has 0 bridgehead atoms. The number of aromatic nitrogens is 4. The largest absolute Gasteiger partial charge is 0.356 e. The Morgan fingerprint density at radius 1 is 1.39 bits per heavy atom. The number of aryl methyl sites for hydroxylation is 3. The van der Waals surface area contributed by atoms with Crippen molar-refractivity contribution < 1.29 is 9.72 Å². The molecule has 1 amide bonds. The number of amides is 1. The van der Waals surface area contributed by atoms with Gasteiger partial charge in [0.05, 0.1) is 16.1 Å². The summed E-state index contributed by atoms with van der Waals surface area (Å²) < 4.78 is 3.12. The zero-order chi connectivity index (χ0) is 16.8. The van der Waals surface area contributed by atoms with E-state index in [1.807, 2.05) is 0 Å². The molecule has 0 unspecified atom stereocenters. The summed E-state index contributed by atoms with van der Waals surface area (Å²) in [5.41, 5.74) is 0.302. The van der Waals surface area contributed by atoms with Gasteiger partial charge in [0, 0.05) is 32.3 Å². The van der Waals surface area contributed by atoms with Crippen molar-refractivity contribution in [2.75, 3.05) is 6.54 Å². The van der Waals surface area contributed by atoms with Crippen molar-refractivity contribution in [2.45, 2.75) is 32.9 Å². The Bertz CT molecular complexity index is 696. The molecule has 2 aromatic rings. The number of halogens is 1. The van der Waals surface area contributed by atoms with Crippen LogP contribution in [0.1, 0.15) is 18.5 Å². The van der Waals surface area contributed by atoms with E-state index in [0.717, 1.165) is 6.42 Å². The number of rotatable bonds is 8. The fourth-order valence-electron chi connectivity index (χ4n) is 2.04. The fraction of sp³-hybridized carbons (Fsp3) is 0.462. The molecule has 124 valence electrons. The van der Waals surface area contributed by atoms with Crippen LogP contribution in [0.4, 0.5) is 5.69 Å². The first-order valence-electron chi connectivity index (χ1n) is 7.09. The Morgan fingerprint density at radius 2 is 2.17 bits per heavy atom. The maximum atomic E-state index is 11.7. The maximum absolute atomic E-state index is 11.7. The standard InChI is InChI=1S/C13H17ClN6O3/c1-10-12(20(22)23)9-19(17-10)6-3-13(21)15-4-2-5-18-8-11(14)7-16-18/h7-9H,2-6H2,1H3,(H,15,21). The van der Waals surface area contributed by atoms with Crippen molar-refractivity contribution in [1.29, 1.82) is 0 Å². The summed E-state index contributed by atoms with van der Waals surface area (Å²) >= 11 is 5.75. The average Bonchev–Trinajstić information content (AvgIpc) is 3.07. The number of hydrogen-bond acceptors (Lipinski definition) is 5. The van der Waals surface area contributed by atoms with Crippen molar-refractivity contribution in [2.24, 2.45) is 0 Å². The molecule has 0 atom stereocenters. The van der Waals surface area contributed by atoms with Crippen molar-refractivity contribution in [3.8, 4) is 0 Å². The molecule has 0 fully saturated rings. The molecule has 0 saturated carbocycles. The van der Waals surface area contributed by atoms with E-state index in [2.05, 4.69) is 15.5 Å². The molecule has 2 aromatic heterocycles. The number of carbonyl (C=O) groups excluding carboxylic acids is 1. The highest BCUT2D eigenvalue weighted by Crippen LogP contribution is 2.15. The van der Waals surface area contributed by atoms with Crippen LogP contribution in [0.15, 0.2) is 18.6 Å². The van der Waals surface area contributed by atoms with Crippen LogP contribution in [0.2, 0.25) is 5.02 Å². The van der Waals surface area contributed by atoms with Gasteiger partial charge >= 0.3 is 5.69 Å². The van der Waals surface area contributed by atoms with E-state index in [-0.39, 0.29) is 18.0 Å². The second-order valence-corrected chi connectivity index (χ2v) is 5.43. The molecule has 0 radical (unpaired) electrons. The average molecular weight is 341 g/mol. The molecule has 0 spiro atoms. The van der Waals surface area contributed by atoms with Gasteiger partial charge in [0.2, 0.25) is 5.91 Å². The summed E-state index contributed by atoms with van der Waals surface area (Å²) in [6.07, 6.45) is 5.56. The van der Waals surface area contributed by atoms with Crippen molar-refractivity contribution in [3.05, 3.63) is 39.4 Å². The first kappa shape index (κ1) is 16.9. The van der Waals surface area contributed by atoms with E-state index in [0.29, 0.717) is 30.4 Å². The number of nitrogens with zero attached hydrogens (tertiary/aromatic N) is 5. The van der Waals surface area contributed by atoms with Crippen LogP contribution in [0.5, 0.6) is 0 Å². The molecule has 0 aliphatic carbocycles. The Kier molecular flexibility index (Phi) is 5.69. The molecule has 2 heterocycles. The lowest BCUT2D eigenvalue weighted by molar-refractivity contribution is -0.385. The molecule has 23 heavy (non-hydrogen) atoms. The van der Waals surface area contributed by atoms with Gasteiger partial charge in [-0.3, -0.25) is 24.3 Å². The smallest absolute Gasteiger partial charge is 0.309 e. The lowest BCUT2D eigenvalue weighted by Crippen LogP contribution is -2.26. The van der Waals surface area contributed by atoms with Crippen LogP contribution in [0.25, 0.3) is 0 Å². The van der Waals surface area contributed by atoms with Crippen LogP contribution in [-0.4, -0.2) is 36.9 Å². The summed E-state index contributed by atoms with van der Waals surface area (Å²) in [5, 5.41) is 22.1. The fourth-order valence-corrected chi connectivity index (χ4v) is 2.19. The highest BCUT2D eigenvalue weighted by atomic mass is 35.5. The summed E-state index contributed by atoms with van der Waals surface area (Å²) in [4.78, 5) is 22.0. The third-order valence-electron chi connectivity index (χ3n) is 3.17.